The molecule has 1 N–H and O–H groups in total. The minimum absolute atomic E-state index is 1.05. The van der Waals surface area contributed by atoms with E-state index in [0.717, 1.165) is 38.9 Å². The van der Waals surface area contributed by atoms with E-state index < -0.39 is 0 Å². The second-order valence-electron chi connectivity index (χ2n) is 4.76. The highest BCUT2D eigenvalue weighted by atomic mass is 15.3. The maximum atomic E-state index is 4.80. The number of hydrogen-bond donors (Lipinski definition) is 1. The quantitative estimate of drug-likeness (QED) is 0.684. The normalized spacial score (nSPS) is 11.1. The third-order valence-corrected chi connectivity index (χ3v) is 3.44. The molecule has 0 aliphatic heterocycles. The highest BCUT2D eigenvalue weighted by Crippen LogP contribution is 2.17. The van der Waals surface area contributed by atoms with Crippen molar-refractivity contribution in [3.05, 3.63) is 17.0 Å². The maximum absolute atomic E-state index is 4.80. The number of unbranched alkanes of at least 4 members (excludes halogenated alkanes) is 1. The van der Waals surface area contributed by atoms with Gasteiger partial charge in [-0.05, 0) is 44.3 Å². The lowest BCUT2D eigenvalue weighted by atomic mass is 10.1. The van der Waals surface area contributed by atoms with Crippen LogP contribution in [0.25, 0.3) is 0 Å². The topological polar surface area (TPSA) is 29.9 Å². The first-order valence-corrected chi connectivity index (χ1v) is 7.56. The van der Waals surface area contributed by atoms with Gasteiger partial charge in [0.2, 0.25) is 0 Å². The Morgan fingerprint density at radius 3 is 2.44 bits per heavy atom. The molecule has 1 rings (SSSR count). The fourth-order valence-electron chi connectivity index (χ4n) is 2.44. The number of aromatic nitrogens is 2. The van der Waals surface area contributed by atoms with Gasteiger partial charge in [-0.15, -0.1) is 0 Å². The van der Waals surface area contributed by atoms with Crippen molar-refractivity contribution in [1.82, 2.24) is 15.1 Å². The molecule has 0 radical (unpaired) electrons. The van der Waals surface area contributed by atoms with Crippen LogP contribution in [-0.2, 0) is 25.8 Å². The van der Waals surface area contributed by atoms with Crippen LogP contribution in [-0.4, -0.2) is 22.9 Å². The van der Waals surface area contributed by atoms with Crippen LogP contribution in [0.15, 0.2) is 0 Å². The summed E-state index contributed by atoms with van der Waals surface area (Å²) in [5.41, 5.74) is 4.26. The second kappa shape index (κ2) is 8.30. The third-order valence-electron chi connectivity index (χ3n) is 3.44. The highest BCUT2D eigenvalue weighted by Gasteiger charge is 2.14. The van der Waals surface area contributed by atoms with E-state index in [2.05, 4.69) is 37.7 Å². The average molecular weight is 251 g/mol. The summed E-state index contributed by atoms with van der Waals surface area (Å²) in [6.45, 7) is 12.0. The molecule has 1 heterocycles. The maximum Gasteiger partial charge on any atom is 0.0657 e. The molecule has 1 aromatic rings. The largest absolute Gasteiger partial charge is 0.317 e. The van der Waals surface area contributed by atoms with Crippen LogP contribution in [0.4, 0.5) is 0 Å². The molecule has 1 aromatic heterocycles. The third kappa shape index (κ3) is 3.84. The molecule has 104 valence electrons. The lowest BCUT2D eigenvalue weighted by Gasteiger charge is -2.07. The summed E-state index contributed by atoms with van der Waals surface area (Å²) in [5.74, 6) is 0. The van der Waals surface area contributed by atoms with Gasteiger partial charge in [0.15, 0.2) is 0 Å². The van der Waals surface area contributed by atoms with Gasteiger partial charge in [0.25, 0.3) is 0 Å². The van der Waals surface area contributed by atoms with Gasteiger partial charge in [0.05, 0.1) is 5.69 Å². The Bertz CT molecular complexity index is 342. The second-order valence-corrected chi connectivity index (χ2v) is 4.76. The van der Waals surface area contributed by atoms with Gasteiger partial charge in [0, 0.05) is 12.2 Å². The summed E-state index contributed by atoms with van der Waals surface area (Å²) < 4.78 is 2.25. The molecule has 18 heavy (non-hydrogen) atoms. The molecule has 0 saturated carbocycles. The van der Waals surface area contributed by atoms with Crippen molar-refractivity contribution < 1.29 is 0 Å². The van der Waals surface area contributed by atoms with Crippen LogP contribution in [0.2, 0.25) is 0 Å². The standard InChI is InChI=1S/C15H29N3/c1-5-9-12-18-15(7-3)13(10-11-16-8-4)14(6-2)17-18/h16H,5-12H2,1-4H3. The van der Waals surface area contributed by atoms with E-state index in [-0.39, 0.29) is 0 Å². The Morgan fingerprint density at radius 1 is 1.11 bits per heavy atom. The number of hydrogen-bond acceptors (Lipinski definition) is 2. The Labute approximate surface area is 112 Å². The van der Waals surface area contributed by atoms with Crippen molar-refractivity contribution in [3.8, 4) is 0 Å². The lowest BCUT2D eigenvalue weighted by Crippen LogP contribution is -2.17. The van der Waals surface area contributed by atoms with Crippen molar-refractivity contribution in [2.45, 2.75) is 66.3 Å². The van der Waals surface area contributed by atoms with Gasteiger partial charge in [-0.1, -0.05) is 34.1 Å². The molecule has 3 heteroatoms. The zero-order valence-electron chi connectivity index (χ0n) is 12.6. The van der Waals surface area contributed by atoms with Crippen molar-refractivity contribution in [1.29, 1.82) is 0 Å². The lowest BCUT2D eigenvalue weighted by molar-refractivity contribution is 0.545. The zero-order valence-corrected chi connectivity index (χ0v) is 12.6. The minimum Gasteiger partial charge on any atom is -0.317 e. The first-order valence-electron chi connectivity index (χ1n) is 7.56. The van der Waals surface area contributed by atoms with E-state index in [4.69, 9.17) is 5.10 Å². The van der Waals surface area contributed by atoms with E-state index in [9.17, 15) is 0 Å². The highest BCUT2D eigenvalue weighted by molar-refractivity contribution is 5.27. The molecular formula is C15H29N3. The smallest absolute Gasteiger partial charge is 0.0657 e. The summed E-state index contributed by atoms with van der Waals surface area (Å²) in [6.07, 6.45) is 5.72. The van der Waals surface area contributed by atoms with Crippen molar-refractivity contribution in [3.63, 3.8) is 0 Å². The average Bonchev–Trinajstić information content (AvgIpc) is 2.73. The Balaban J connectivity index is 2.86. The van der Waals surface area contributed by atoms with E-state index in [0.29, 0.717) is 0 Å². The predicted octanol–water partition coefficient (Wildman–Crippen LogP) is 2.96. The molecule has 0 aromatic carbocycles. The van der Waals surface area contributed by atoms with Gasteiger partial charge < -0.3 is 5.32 Å². The predicted molar refractivity (Wildman–Crippen MR) is 78.1 cm³/mol. The van der Waals surface area contributed by atoms with Crippen molar-refractivity contribution in [2.24, 2.45) is 0 Å². The van der Waals surface area contributed by atoms with Gasteiger partial charge in [0.1, 0.15) is 0 Å². The molecular weight excluding hydrogens is 222 g/mol. The van der Waals surface area contributed by atoms with Gasteiger partial charge >= 0.3 is 0 Å². The molecule has 0 fully saturated rings. The molecule has 0 saturated heterocycles. The summed E-state index contributed by atoms with van der Waals surface area (Å²) in [7, 11) is 0. The van der Waals surface area contributed by atoms with E-state index in [1.807, 2.05) is 0 Å². The molecule has 0 spiro atoms. The van der Waals surface area contributed by atoms with Gasteiger partial charge in [-0.2, -0.15) is 5.10 Å². The van der Waals surface area contributed by atoms with Crippen molar-refractivity contribution in [2.75, 3.05) is 13.1 Å². The first kappa shape index (κ1) is 15.2. The molecule has 0 amide bonds. The van der Waals surface area contributed by atoms with Crippen LogP contribution in [0.5, 0.6) is 0 Å². The Kier molecular flexibility index (Phi) is 7.02. The first-order chi connectivity index (χ1) is 8.78. The molecule has 0 bridgehead atoms. The SMILES string of the molecule is CCCCn1nc(CC)c(CCNCC)c1CC. The fraction of sp³-hybridized carbons (Fsp3) is 0.800. The molecule has 0 atom stereocenters. The summed E-state index contributed by atoms with van der Waals surface area (Å²) in [5, 5.41) is 8.22. The summed E-state index contributed by atoms with van der Waals surface area (Å²) in [6, 6.07) is 0. The fourth-order valence-corrected chi connectivity index (χ4v) is 2.44. The van der Waals surface area contributed by atoms with Crippen LogP contribution < -0.4 is 5.32 Å². The molecule has 0 aliphatic carbocycles. The minimum atomic E-state index is 1.05. The van der Waals surface area contributed by atoms with Gasteiger partial charge in [-0.3, -0.25) is 4.68 Å². The monoisotopic (exact) mass is 251 g/mol. The van der Waals surface area contributed by atoms with Crippen LogP contribution in [0.3, 0.4) is 0 Å². The number of nitrogens with zero attached hydrogens (tertiary/aromatic N) is 2. The summed E-state index contributed by atoms with van der Waals surface area (Å²) in [4.78, 5) is 0. The molecule has 3 nitrogen and oxygen atoms in total. The van der Waals surface area contributed by atoms with Crippen molar-refractivity contribution >= 4 is 0 Å². The number of likely N-dealkylation sites (N-methyl/N-ethyl adjacent to an activating group) is 1. The number of rotatable bonds is 9. The van der Waals surface area contributed by atoms with E-state index in [1.54, 1.807) is 0 Å². The Morgan fingerprint density at radius 2 is 1.89 bits per heavy atom. The summed E-state index contributed by atoms with van der Waals surface area (Å²) >= 11 is 0. The van der Waals surface area contributed by atoms with Crippen LogP contribution in [0.1, 0.15) is 57.5 Å². The van der Waals surface area contributed by atoms with Crippen LogP contribution >= 0.6 is 0 Å². The number of nitrogens with one attached hydrogen (secondary N) is 1. The van der Waals surface area contributed by atoms with E-state index in [1.165, 1.54) is 29.8 Å². The molecule has 0 aliphatic rings. The molecule has 0 unspecified atom stereocenters. The van der Waals surface area contributed by atoms with Gasteiger partial charge in [-0.25, -0.2) is 0 Å². The number of aryl methyl sites for hydroxylation is 2. The zero-order chi connectivity index (χ0) is 13.4. The Hall–Kier alpha value is -0.830. The van der Waals surface area contributed by atoms with E-state index >= 15 is 0 Å². The van der Waals surface area contributed by atoms with Crippen LogP contribution in [0, 0.1) is 0 Å².